The maximum absolute atomic E-state index is 13.4. The van der Waals surface area contributed by atoms with Crippen molar-refractivity contribution in [3.63, 3.8) is 0 Å². The maximum Gasteiger partial charge on any atom is 0.347 e. The Kier molecular flexibility index (Phi) is 4.29. The van der Waals surface area contributed by atoms with Crippen molar-refractivity contribution in [3.05, 3.63) is 71.3 Å². The van der Waals surface area contributed by atoms with Gasteiger partial charge in [-0.3, -0.25) is 0 Å². The van der Waals surface area contributed by atoms with Gasteiger partial charge in [-0.25, -0.2) is 13.6 Å². The summed E-state index contributed by atoms with van der Waals surface area (Å²) < 4.78 is 39.3. The number of likely N-dealkylation sites (N-methyl/N-ethyl adjacent to an activating group) is 1. The third-order valence-corrected chi connectivity index (χ3v) is 7.13. The SMILES string of the molecule is C[N+]1(C)C2CC(OC(=O)C(O)(c3ccc(F)cc3)c3ccc(F)cc3)C[C@H]1[C@H]1OC21. The molecule has 2 aromatic rings. The average Bonchev–Trinajstić information content (AvgIpc) is 3.47. The summed E-state index contributed by atoms with van der Waals surface area (Å²) in [6.45, 7) is 0. The smallest absolute Gasteiger partial charge is 0.347 e. The third-order valence-electron chi connectivity index (χ3n) is 7.13. The van der Waals surface area contributed by atoms with E-state index in [0.717, 1.165) is 4.48 Å². The average molecular weight is 416 g/mol. The molecule has 0 aliphatic carbocycles. The molecule has 3 aliphatic rings. The first-order valence-electron chi connectivity index (χ1n) is 10.2. The van der Waals surface area contributed by atoms with Gasteiger partial charge in [0.15, 0.2) is 0 Å². The van der Waals surface area contributed by atoms with Crippen LogP contribution in [0.4, 0.5) is 8.78 Å². The lowest BCUT2D eigenvalue weighted by atomic mass is 9.86. The minimum absolute atomic E-state index is 0.168. The second kappa shape index (κ2) is 6.57. The molecule has 2 aromatic carbocycles. The molecule has 5 rings (SSSR count). The van der Waals surface area contributed by atoms with Crippen LogP contribution in [-0.2, 0) is 19.9 Å². The number of esters is 1. The summed E-state index contributed by atoms with van der Waals surface area (Å²) >= 11 is 0. The lowest BCUT2D eigenvalue weighted by Gasteiger charge is -2.45. The standard InChI is InChI=1S/C23H24F2NO4/c1-26(2)18-11-17(12-19(26)21-20(18)30-21)29-22(27)23(28,13-3-7-15(24)8-4-13)14-5-9-16(25)10-6-14/h3-10,17-21,28H,11-12H2,1-2H3/q+1/t17?,18-,19?,20+,21?/m0/s1. The van der Waals surface area contributed by atoms with Gasteiger partial charge in [0, 0.05) is 12.8 Å². The van der Waals surface area contributed by atoms with Gasteiger partial charge in [-0.15, -0.1) is 0 Å². The fourth-order valence-electron chi connectivity index (χ4n) is 5.32. The molecule has 0 aromatic heterocycles. The number of aliphatic hydroxyl groups is 1. The minimum atomic E-state index is -2.16. The Morgan fingerprint density at radius 2 is 1.40 bits per heavy atom. The number of hydrogen-bond acceptors (Lipinski definition) is 4. The summed E-state index contributed by atoms with van der Waals surface area (Å²) in [4.78, 5) is 13.3. The Hall–Kier alpha value is -2.35. The summed E-state index contributed by atoms with van der Waals surface area (Å²) in [5.41, 5.74) is -1.83. The molecule has 3 heterocycles. The van der Waals surface area contributed by atoms with Gasteiger partial charge in [0.25, 0.3) is 0 Å². The highest BCUT2D eigenvalue weighted by atomic mass is 19.1. The first-order chi connectivity index (χ1) is 14.2. The second-order valence-electron chi connectivity index (χ2n) is 9.05. The van der Waals surface area contributed by atoms with Gasteiger partial charge in [-0.1, -0.05) is 24.3 Å². The van der Waals surface area contributed by atoms with E-state index in [1.54, 1.807) is 0 Å². The fraction of sp³-hybridized carbons (Fsp3) is 0.435. The van der Waals surface area contributed by atoms with Crippen molar-refractivity contribution in [2.45, 2.75) is 48.8 Å². The molecule has 1 N–H and O–H groups in total. The molecular formula is C23H24F2NO4+. The van der Waals surface area contributed by atoms with Crippen LogP contribution in [0.3, 0.4) is 0 Å². The highest BCUT2D eigenvalue weighted by molar-refractivity contribution is 5.85. The van der Waals surface area contributed by atoms with Crippen LogP contribution < -0.4 is 0 Å². The topological polar surface area (TPSA) is 59.1 Å². The molecule has 0 spiro atoms. The molecule has 3 unspecified atom stereocenters. The predicted octanol–water partition coefficient (Wildman–Crippen LogP) is 2.50. The number of nitrogens with zero attached hydrogens (tertiary/aromatic N) is 1. The second-order valence-corrected chi connectivity index (χ2v) is 9.05. The monoisotopic (exact) mass is 416 g/mol. The molecule has 0 saturated carbocycles. The van der Waals surface area contributed by atoms with Crippen molar-refractivity contribution in [2.24, 2.45) is 0 Å². The Morgan fingerprint density at radius 1 is 0.967 bits per heavy atom. The van der Waals surface area contributed by atoms with Crippen LogP contribution in [-0.4, -0.2) is 60.0 Å². The van der Waals surface area contributed by atoms with Gasteiger partial charge in [-0.05, 0) is 35.4 Å². The Bertz CT molecular complexity index is 910. The number of halogens is 2. The fourth-order valence-corrected chi connectivity index (χ4v) is 5.32. The van der Waals surface area contributed by atoms with Crippen molar-refractivity contribution >= 4 is 5.97 Å². The molecule has 7 heteroatoms. The van der Waals surface area contributed by atoms with Gasteiger partial charge in [-0.2, -0.15) is 0 Å². The van der Waals surface area contributed by atoms with E-state index >= 15 is 0 Å². The summed E-state index contributed by atoms with van der Waals surface area (Å²) in [5, 5.41) is 11.5. The van der Waals surface area contributed by atoms with Gasteiger partial charge >= 0.3 is 5.97 Å². The molecule has 0 amide bonds. The molecule has 30 heavy (non-hydrogen) atoms. The largest absolute Gasteiger partial charge is 0.459 e. The number of ether oxygens (including phenoxy) is 2. The van der Waals surface area contributed by atoms with E-state index in [4.69, 9.17) is 9.47 Å². The lowest BCUT2D eigenvalue weighted by molar-refractivity contribution is -0.938. The van der Waals surface area contributed by atoms with Crippen molar-refractivity contribution < 1.29 is 32.6 Å². The Labute approximate surface area is 173 Å². The molecule has 5 nitrogen and oxygen atoms in total. The normalized spacial score (nSPS) is 31.2. The third kappa shape index (κ3) is 2.87. The van der Waals surface area contributed by atoms with E-state index in [1.807, 2.05) is 0 Å². The van der Waals surface area contributed by atoms with E-state index in [9.17, 15) is 18.7 Å². The molecule has 2 bridgehead atoms. The summed E-state index contributed by atoms with van der Waals surface area (Å²) in [6.07, 6.45) is 1.38. The van der Waals surface area contributed by atoms with Gasteiger partial charge < -0.3 is 19.1 Å². The zero-order valence-electron chi connectivity index (χ0n) is 16.8. The van der Waals surface area contributed by atoms with Crippen molar-refractivity contribution in [1.82, 2.24) is 0 Å². The molecule has 158 valence electrons. The lowest BCUT2D eigenvalue weighted by Crippen LogP contribution is -2.60. The highest BCUT2D eigenvalue weighted by Gasteiger charge is 2.71. The number of fused-ring (bicyclic) bond motifs is 5. The van der Waals surface area contributed by atoms with Crippen LogP contribution >= 0.6 is 0 Å². The van der Waals surface area contributed by atoms with Gasteiger partial charge in [0.05, 0.1) is 14.1 Å². The number of rotatable bonds is 4. The molecular weight excluding hydrogens is 392 g/mol. The Balaban J connectivity index is 1.44. The molecule has 5 atom stereocenters. The number of quaternary nitrogens is 1. The summed E-state index contributed by atoms with van der Waals surface area (Å²) in [6, 6.07) is 10.5. The zero-order chi connectivity index (χ0) is 21.3. The van der Waals surface area contributed by atoms with Crippen LogP contribution in [0.15, 0.2) is 48.5 Å². The van der Waals surface area contributed by atoms with Crippen molar-refractivity contribution in [1.29, 1.82) is 0 Å². The molecule has 3 fully saturated rings. The van der Waals surface area contributed by atoms with Crippen molar-refractivity contribution in [2.75, 3.05) is 14.1 Å². The number of carbonyl (C=O) groups excluding carboxylic acids is 1. The Morgan fingerprint density at radius 3 is 1.83 bits per heavy atom. The number of morpholine rings is 1. The molecule has 3 aliphatic heterocycles. The van der Waals surface area contributed by atoms with E-state index in [0.29, 0.717) is 12.8 Å². The van der Waals surface area contributed by atoms with E-state index in [1.165, 1.54) is 48.5 Å². The maximum atomic E-state index is 13.4. The van der Waals surface area contributed by atoms with Crippen LogP contribution in [0.5, 0.6) is 0 Å². The zero-order valence-corrected chi connectivity index (χ0v) is 16.8. The van der Waals surface area contributed by atoms with Gasteiger partial charge in [0.2, 0.25) is 5.60 Å². The number of hydrogen-bond donors (Lipinski definition) is 1. The van der Waals surface area contributed by atoms with Crippen LogP contribution in [0.2, 0.25) is 0 Å². The predicted molar refractivity (Wildman–Crippen MR) is 103 cm³/mol. The van der Waals surface area contributed by atoms with E-state index in [-0.39, 0.29) is 41.5 Å². The molecule has 3 saturated heterocycles. The first kappa shape index (κ1) is 19.6. The summed E-state index contributed by atoms with van der Waals surface area (Å²) in [7, 11) is 4.35. The van der Waals surface area contributed by atoms with Crippen LogP contribution in [0.25, 0.3) is 0 Å². The quantitative estimate of drug-likeness (QED) is 0.473. The van der Waals surface area contributed by atoms with E-state index < -0.39 is 23.2 Å². The highest BCUT2D eigenvalue weighted by Crippen LogP contribution is 2.51. The van der Waals surface area contributed by atoms with Gasteiger partial charge in [0.1, 0.15) is 42.0 Å². The van der Waals surface area contributed by atoms with Crippen LogP contribution in [0.1, 0.15) is 24.0 Å². The number of piperidine rings is 1. The van der Waals surface area contributed by atoms with Crippen LogP contribution in [0, 0.1) is 11.6 Å². The van der Waals surface area contributed by atoms with Crippen molar-refractivity contribution in [3.8, 4) is 0 Å². The number of benzene rings is 2. The first-order valence-corrected chi connectivity index (χ1v) is 10.2. The minimum Gasteiger partial charge on any atom is -0.459 e. The number of epoxide rings is 1. The number of carbonyl (C=O) groups is 1. The summed E-state index contributed by atoms with van der Waals surface area (Å²) in [5.74, 6) is -1.82. The van der Waals surface area contributed by atoms with E-state index in [2.05, 4.69) is 14.1 Å². The molecule has 0 radical (unpaired) electrons.